The fourth-order valence-electron chi connectivity index (χ4n) is 2.68. The molecule has 4 heteroatoms. The summed E-state index contributed by atoms with van der Waals surface area (Å²) in [6.07, 6.45) is 0.845. The van der Waals surface area contributed by atoms with E-state index in [1.807, 2.05) is 12.1 Å². The normalized spacial score (nSPS) is 27.1. The van der Waals surface area contributed by atoms with Gasteiger partial charge in [0.25, 0.3) is 0 Å². The van der Waals surface area contributed by atoms with Gasteiger partial charge in [-0.3, -0.25) is 0 Å². The fraction of sp³-hybridized carbons (Fsp3) is 0.562. The molecule has 0 saturated carbocycles. The van der Waals surface area contributed by atoms with Crippen LogP contribution in [0.1, 0.15) is 30.6 Å². The number of para-hydroxylation sites is 1. The second-order valence-corrected chi connectivity index (χ2v) is 5.65. The molecule has 110 valence electrons. The van der Waals surface area contributed by atoms with Crippen LogP contribution in [0.2, 0.25) is 0 Å². The molecule has 1 fully saturated rings. The predicted molar refractivity (Wildman–Crippen MR) is 78.1 cm³/mol. The number of carbonyl (C=O) groups is 1. The molecule has 0 bridgehead atoms. The number of nitrogens with zero attached hydrogens (tertiary/aromatic N) is 1. The molecule has 20 heavy (non-hydrogen) atoms. The summed E-state index contributed by atoms with van der Waals surface area (Å²) >= 11 is 0. The Morgan fingerprint density at radius 3 is 2.70 bits per heavy atom. The number of rotatable bonds is 3. The van der Waals surface area contributed by atoms with Gasteiger partial charge >= 0.3 is 5.97 Å². The maximum absolute atomic E-state index is 12.3. The van der Waals surface area contributed by atoms with Gasteiger partial charge in [-0.1, -0.05) is 19.1 Å². The molecule has 0 N–H and O–H groups in total. The second kappa shape index (κ2) is 6.27. The van der Waals surface area contributed by atoms with Gasteiger partial charge < -0.3 is 14.4 Å². The zero-order valence-electron chi connectivity index (χ0n) is 12.6. The van der Waals surface area contributed by atoms with Crippen LogP contribution in [0, 0.1) is 5.92 Å². The van der Waals surface area contributed by atoms with Crippen molar-refractivity contribution >= 4 is 5.97 Å². The fourth-order valence-corrected chi connectivity index (χ4v) is 2.68. The summed E-state index contributed by atoms with van der Waals surface area (Å²) < 4.78 is 10.9. The lowest BCUT2D eigenvalue weighted by atomic mass is 9.92. The Kier molecular flexibility index (Phi) is 4.65. The average molecular weight is 277 g/mol. The molecule has 1 aromatic rings. The van der Waals surface area contributed by atoms with E-state index in [-0.39, 0.29) is 12.1 Å². The molecule has 0 radical (unpaired) electrons. The summed E-state index contributed by atoms with van der Waals surface area (Å²) in [6, 6.07) is 7.61. The highest BCUT2D eigenvalue weighted by atomic mass is 16.5. The van der Waals surface area contributed by atoms with Crippen molar-refractivity contribution in [2.24, 2.45) is 5.92 Å². The molecule has 1 aliphatic rings. The van der Waals surface area contributed by atoms with Gasteiger partial charge in [0.15, 0.2) is 0 Å². The Hall–Kier alpha value is -1.55. The molecule has 3 atom stereocenters. The van der Waals surface area contributed by atoms with E-state index < -0.39 is 0 Å². The van der Waals surface area contributed by atoms with E-state index in [4.69, 9.17) is 9.47 Å². The smallest absolute Gasteiger partial charge is 0.342 e. The van der Waals surface area contributed by atoms with Crippen molar-refractivity contribution in [1.82, 2.24) is 4.90 Å². The van der Waals surface area contributed by atoms with Crippen LogP contribution in [0.15, 0.2) is 24.3 Å². The molecule has 1 saturated heterocycles. The first kappa shape index (κ1) is 14.9. The highest BCUT2D eigenvalue weighted by molar-refractivity contribution is 5.92. The van der Waals surface area contributed by atoms with Crippen LogP contribution in [-0.4, -0.2) is 43.7 Å². The van der Waals surface area contributed by atoms with Crippen molar-refractivity contribution in [2.45, 2.75) is 32.4 Å². The summed E-state index contributed by atoms with van der Waals surface area (Å²) in [4.78, 5) is 14.6. The van der Waals surface area contributed by atoms with E-state index in [1.165, 1.54) is 0 Å². The van der Waals surface area contributed by atoms with Crippen LogP contribution < -0.4 is 4.74 Å². The first-order valence-corrected chi connectivity index (χ1v) is 7.07. The van der Waals surface area contributed by atoms with Crippen molar-refractivity contribution in [1.29, 1.82) is 0 Å². The quantitative estimate of drug-likeness (QED) is 0.796. The largest absolute Gasteiger partial charge is 0.496 e. The first-order chi connectivity index (χ1) is 9.52. The minimum atomic E-state index is -0.295. The SMILES string of the molecule is COc1ccccc1C(=O)OC1CC(C)N(C)CC1C. The third-order valence-electron chi connectivity index (χ3n) is 4.12. The monoisotopic (exact) mass is 277 g/mol. The third kappa shape index (κ3) is 3.12. The van der Waals surface area contributed by atoms with Crippen LogP contribution in [0.5, 0.6) is 5.75 Å². The maximum Gasteiger partial charge on any atom is 0.342 e. The zero-order valence-corrected chi connectivity index (χ0v) is 12.6. The van der Waals surface area contributed by atoms with E-state index in [1.54, 1.807) is 19.2 Å². The summed E-state index contributed by atoms with van der Waals surface area (Å²) in [5.41, 5.74) is 0.494. The molecule has 2 rings (SSSR count). The number of hydrogen-bond acceptors (Lipinski definition) is 4. The number of likely N-dealkylation sites (tertiary alicyclic amines) is 1. The maximum atomic E-state index is 12.3. The number of carbonyl (C=O) groups excluding carboxylic acids is 1. The molecule has 4 nitrogen and oxygen atoms in total. The Morgan fingerprint density at radius 1 is 1.30 bits per heavy atom. The van der Waals surface area contributed by atoms with Crippen molar-refractivity contribution in [3.63, 3.8) is 0 Å². The highest BCUT2D eigenvalue weighted by Gasteiger charge is 2.32. The first-order valence-electron chi connectivity index (χ1n) is 7.07. The van der Waals surface area contributed by atoms with Crippen molar-refractivity contribution in [3.05, 3.63) is 29.8 Å². The van der Waals surface area contributed by atoms with Crippen LogP contribution in [0.4, 0.5) is 0 Å². The molecular formula is C16H23NO3. The number of methoxy groups -OCH3 is 1. The topological polar surface area (TPSA) is 38.8 Å². The van der Waals surface area contributed by atoms with E-state index in [2.05, 4.69) is 25.8 Å². The van der Waals surface area contributed by atoms with E-state index in [0.29, 0.717) is 23.3 Å². The third-order valence-corrected chi connectivity index (χ3v) is 4.12. The lowest BCUT2D eigenvalue weighted by molar-refractivity contribution is -0.0198. The van der Waals surface area contributed by atoms with Crippen molar-refractivity contribution < 1.29 is 14.3 Å². The van der Waals surface area contributed by atoms with Crippen molar-refractivity contribution in [3.8, 4) is 5.75 Å². The minimum Gasteiger partial charge on any atom is -0.496 e. The van der Waals surface area contributed by atoms with Gasteiger partial charge in [0.1, 0.15) is 17.4 Å². The van der Waals surface area contributed by atoms with Gasteiger partial charge in [-0.05, 0) is 32.5 Å². The summed E-state index contributed by atoms with van der Waals surface area (Å²) in [6.45, 7) is 5.24. The number of benzene rings is 1. The lowest BCUT2D eigenvalue weighted by Gasteiger charge is -2.39. The van der Waals surface area contributed by atoms with Gasteiger partial charge in [0.05, 0.1) is 7.11 Å². The number of piperidine rings is 1. The Labute approximate surface area is 120 Å². The van der Waals surface area contributed by atoms with Gasteiger partial charge in [0, 0.05) is 18.5 Å². The van der Waals surface area contributed by atoms with E-state index >= 15 is 0 Å². The highest BCUT2D eigenvalue weighted by Crippen LogP contribution is 2.26. The Morgan fingerprint density at radius 2 is 2.00 bits per heavy atom. The van der Waals surface area contributed by atoms with Gasteiger partial charge in [-0.15, -0.1) is 0 Å². The second-order valence-electron chi connectivity index (χ2n) is 5.65. The molecule has 0 aliphatic carbocycles. The number of hydrogen-bond donors (Lipinski definition) is 0. The van der Waals surface area contributed by atoms with E-state index in [0.717, 1.165) is 13.0 Å². The molecule has 3 unspecified atom stereocenters. The number of ether oxygens (including phenoxy) is 2. The van der Waals surface area contributed by atoms with Crippen LogP contribution in [-0.2, 0) is 4.74 Å². The van der Waals surface area contributed by atoms with Crippen LogP contribution >= 0.6 is 0 Å². The Balaban J connectivity index is 2.07. The van der Waals surface area contributed by atoms with E-state index in [9.17, 15) is 4.79 Å². The van der Waals surface area contributed by atoms with Gasteiger partial charge in [-0.25, -0.2) is 4.79 Å². The molecule has 0 aromatic heterocycles. The van der Waals surface area contributed by atoms with Crippen LogP contribution in [0.25, 0.3) is 0 Å². The standard InChI is InChI=1S/C16H23NO3/c1-11-10-17(3)12(2)9-15(11)20-16(18)13-7-5-6-8-14(13)19-4/h5-8,11-12,15H,9-10H2,1-4H3. The number of esters is 1. The molecule has 0 spiro atoms. The zero-order chi connectivity index (χ0) is 14.7. The predicted octanol–water partition coefficient (Wildman–Crippen LogP) is 2.58. The minimum absolute atomic E-state index is 0.0291. The molecule has 1 heterocycles. The van der Waals surface area contributed by atoms with Crippen LogP contribution in [0.3, 0.4) is 0 Å². The molecule has 0 amide bonds. The summed E-state index contributed by atoms with van der Waals surface area (Å²) in [5.74, 6) is 0.608. The molecule has 1 aliphatic heterocycles. The average Bonchev–Trinajstić information content (AvgIpc) is 2.44. The Bertz CT molecular complexity index is 475. The molecule has 1 aromatic carbocycles. The van der Waals surface area contributed by atoms with Gasteiger partial charge in [-0.2, -0.15) is 0 Å². The summed E-state index contributed by atoms with van der Waals surface area (Å²) in [5, 5.41) is 0. The summed E-state index contributed by atoms with van der Waals surface area (Å²) in [7, 11) is 3.67. The van der Waals surface area contributed by atoms with Crippen molar-refractivity contribution in [2.75, 3.05) is 20.7 Å². The molecular weight excluding hydrogens is 254 g/mol. The van der Waals surface area contributed by atoms with Gasteiger partial charge in [0.2, 0.25) is 0 Å². The lowest BCUT2D eigenvalue weighted by Crippen LogP contribution is -2.46.